The minimum absolute atomic E-state index is 0.0366. The van der Waals surface area contributed by atoms with Gasteiger partial charge in [0.15, 0.2) is 0 Å². The van der Waals surface area contributed by atoms with E-state index in [0.717, 1.165) is 33.5 Å². The molecule has 0 aliphatic rings. The number of thioether (sulfide) groups is 1. The number of nitrogens with one attached hydrogen (secondary N) is 1. The van der Waals surface area contributed by atoms with Crippen LogP contribution in [0.1, 0.15) is 19.4 Å². The Morgan fingerprint density at radius 2 is 1.81 bits per heavy atom. The molecule has 0 radical (unpaired) electrons. The van der Waals surface area contributed by atoms with Crippen LogP contribution in [-0.2, 0) is 17.8 Å². The molecule has 26 heavy (non-hydrogen) atoms. The summed E-state index contributed by atoms with van der Waals surface area (Å²) in [7, 11) is 0. The third-order valence-corrected chi connectivity index (χ3v) is 5.38. The van der Waals surface area contributed by atoms with Crippen LogP contribution in [0.25, 0.3) is 10.9 Å². The number of nitrogens with zero attached hydrogens (tertiary/aromatic N) is 1. The monoisotopic (exact) mass is 366 g/mol. The molecule has 0 spiro atoms. The average molecular weight is 366 g/mol. The quantitative estimate of drug-likeness (QED) is 0.661. The lowest BCUT2D eigenvalue weighted by molar-refractivity contribution is -0.113. The molecule has 0 aliphatic carbocycles. The first-order chi connectivity index (χ1) is 12.6. The lowest BCUT2D eigenvalue weighted by atomic mass is 10.1. The Bertz CT molecular complexity index is 995. The highest BCUT2D eigenvalue weighted by Crippen LogP contribution is 2.26. The Morgan fingerprint density at radius 3 is 2.58 bits per heavy atom. The second-order valence-corrected chi connectivity index (χ2v) is 6.97. The van der Waals surface area contributed by atoms with Crippen molar-refractivity contribution < 1.29 is 4.79 Å². The molecule has 0 unspecified atom stereocenters. The summed E-state index contributed by atoms with van der Waals surface area (Å²) in [4.78, 5) is 25.6. The number of rotatable bonds is 6. The number of carbonyl (C=O) groups excluding carboxylic acids is 1. The van der Waals surface area contributed by atoms with Gasteiger partial charge in [-0.2, -0.15) is 0 Å². The van der Waals surface area contributed by atoms with Gasteiger partial charge in [0, 0.05) is 28.6 Å². The second kappa shape index (κ2) is 8.23. The maximum absolute atomic E-state index is 12.4. The van der Waals surface area contributed by atoms with Gasteiger partial charge in [0.2, 0.25) is 5.91 Å². The first-order valence-corrected chi connectivity index (χ1v) is 9.75. The summed E-state index contributed by atoms with van der Waals surface area (Å²) >= 11 is 1.40. The van der Waals surface area contributed by atoms with Crippen LogP contribution in [0.15, 0.2) is 64.3 Å². The number of pyridine rings is 1. The van der Waals surface area contributed by atoms with Gasteiger partial charge in [-0.05, 0) is 31.0 Å². The molecule has 0 saturated heterocycles. The van der Waals surface area contributed by atoms with Crippen molar-refractivity contribution in [3.05, 3.63) is 70.5 Å². The van der Waals surface area contributed by atoms with Gasteiger partial charge >= 0.3 is 0 Å². The van der Waals surface area contributed by atoms with Gasteiger partial charge in [-0.25, -0.2) is 0 Å². The van der Waals surface area contributed by atoms with Crippen LogP contribution in [0.5, 0.6) is 0 Å². The normalized spacial score (nSPS) is 10.8. The third-order valence-electron chi connectivity index (χ3n) is 4.33. The van der Waals surface area contributed by atoms with E-state index in [2.05, 4.69) is 12.2 Å². The molecule has 3 rings (SSSR count). The van der Waals surface area contributed by atoms with Crippen LogP contribution in [0, 0.1) is 0 Å². The highest BCUT2D eigenvalue weighted by molar-refractivity contribution is 8.00. The van der Waals surface area contributed by atoms with E-state index in [9.17, 15) is 9.59 Å². The molecule has 0 bridgehead atoms. The van der Waals surface area contributed by atoms with Gasteiger partial charge in [-0.3, -0.25) is 9.59 Å². The number of anilines is 1. The van der Waals surface area contributed by atoms with E-state index < -0.39 is 0 Å². The zero-order valence-electron chi connectivity index (χ0n) is 15.0. The van der Waals surface area contributed by atoms with Gasteiger partial charge in [-0.1, -0.05) is 43.3 Å². The fourth-order valence-corrected chi connectivity index (χ4v) is 3.90. The first-order valence-electron chi connectivity index (χ1n) is 8.77. The molecule has 134 valence electrons. The predicted molar refractivity (Wildman–Crippen MR) is 109 cm³/mol. The molecule has 1 N–H and O–H groups in total. The SMILES string of the molecule is CCc1ccccc1NC(=O)CSc1cc(=O)n(CC)c2ccccc12. The average Bonchev–Trinajstić information content (AvgIpc) is 2.66. The van der Waals surface area contributed by atoms with Crippen molar-refractivity contribution >= 4 is 34.3 Å². The Morgan fingerprint density at radius 1 is 1.08 bits per heavy atom. The van der Waals surface area contributed by atoms with Gasteiger partial charge in [-0.15, -0.1) is 11.8 Å². The molecular formula is C21H22N2O2S. The predicted octanol–water partition coefficient (Wildman–Crippen LogP) is 4.31. The van der Waals surface area contributed by atoms with E-state index in [0.29, 0.717) is 6.54 Å². The number of aryl methyl sites for hydroxylation is 2. The van der Waals surface area contributed by atoms with Crippen LogP contribution in [0.3, 0.4) is 0 Å². The summed E-state index contributed by atoms with van der Waals surface area (Å²) in [5, 5.41) is 3.97. The van der Waals surface area contributed by atoms with Crippen molar-refractivity contribution in [2.45, 2.75) is 31.7 Å². The van der Waals surface area contributed by atoms with Crippen molar-refractivity contribution in [3.8, 4) is 0 Å². The molecule has 5 heteroatoms. The zero-order chi connectivity index (χ0) is 18.5. The molecule has 1 amide bonds. The van der Waals surface area contributed by atoms with Crippen LogP contribution in [0.2, 0.25) is 0 Å². The highest BCUT2D eigenvalue weighted by atomic mass is 32.2. The molecule has 2 aromatic carbocycles. The summed E-state index contributed by atoms with van der Waals surface area (Å²) in [5.74, 6) is 0.192. The number of hydrogen-bond donors (Lipinski definition) is 1. The Balaban J connectivity index is 1.80. The number of carbonyl (C=O) groups is 1. The van der Waals surface area contributed by atoms with E-state index in [1.165, 1.54) is 11.8 Å². The van der Waals surface area contributed by atoms with E-state index in [-0.39, 0.29) is 17.2 Å². The van der Waals surface area contributed by atoms with Crippen molar-refractivity contribution in [1.29, 1.82) is 0 Å². The maximum atomic E-state index is 12.4. The first kappa shape index (κ1) is 18.3. The number of hydrogen-bond acceptors (Lipinski definition) is 3. The smallest absolute Gasteiger partial charge is 0.252 e. The molecule has 1 heterocycles. The molecule has 0 fully saturated rings. The fourth-order valence-electron chi connectivity index (χ4n) is 3.03. The lowest BCUT2D eigenvalue weighted by Gasteiger charge is -2.12. The number of fused-ring (bicyclic) bond motifs is 1. The molecule has 0 atom stereocenters. The number of amides is 1. The van der Waals surface area contributed by atoms with Gasteiger partial charge in [0.1, 0.15) is 0 Å². The minimum atomic E-state index is -0.0698. The Kier molecular flexibility index (Phi) is 5.78. The van der Waals surface area contributed by atoms with Gasteiger partial charge < -0.3 is 9.88 Å². The third kappa shape index (κ3) is 3.83. The molecule has 0 aliphatic heterocycles. The minimum Gasteiger partial charge on any atom is -0.325 e. The molecule has 4 nitrogen and oxygen atoms in total. The van der Waals surface area contributed by atoms with Crippen LogP contribution in [0.4, 0.5) is 5.69 Å². The molecular weight excluding hydrogens is 344 g/mol. The summed E-state index contributed by atoms with van der Waals surface area (Å²) < 4.78 is 1.75. The van der Waals surface area contributed by atoms with Crippen LogP contribution < -0.4 is 10.9 Å². The lowest BCUT2D eigenvalue weighted by Crippen LogP contribution is -2.19. The maximum Gasteiger partial charge on any atom is 0.252 e. The highest BCUT2D eigenvalue weighted by Gasteiger charge is 2.11. The Labute approximate surface area is 157 Å². The van der Waals surface area contributed by atoms with E-state index >= 15 is 0 Å². The van der Waals surface area contributed by atoms with Crippen molar-refractivity contribution in [3.63, 3.8) is 0 Å². The summed E-state index contributed by atoms with van der Waals surface area (Å²) in [6.45, 7) is 4.65. The zero-order valence-corrected chi connectivity index (χ0v) is 15.8. The fraction of sp³-hybridized carbons (Fsp3) is 0.238. The number of aromatic nitrogens is 1. The molecule has 3 aromatic rings. The molecule has 1 aromatic heterocycles. The summed E-state index contributed by atoms with van der Waals surface area (Å²) in [6.07, 6.45) is 0.865. The number of benzene rings is 2. The van der Waals surface area contributed by atoms with Crippen LogP contribution >= 0.6 is 11.8 Å². The Hall–Kier alpha value is -2.53. The van der Waals surface area contributed by atoms with Crippen molar-refractivity contribution in [1.82, 2.24) is 4.57 Å². The van der Waals surface area contributed by atoms with E-state index in [1.54, 1.807) is 10.6 Å². The van der Waals surface area contributed by atoms with E-state index in [4.69, 9.17) is 0 Å². The van der Waals surface area contributed by atoms with Crippen molar-refractivity contribution in [2.24, 2.45) is 0 Å². The van der Waals surface area contributed by atoms with Crippen molar-refractivity contribution in [2.75, 3.05) is 11.1 Å². The van der Waals surface area contributed by atoms with Gasteiger partial charge in [0.25, 0.3) is 5.56 Å². The molecule has 0 saturated carbocycles. The van der Waals surface area contributed by atoms with E-state index in [1.807, 2.05) is 55.5 Å². The second-order valence-electron chi connectivity index (χ2n) is 5.96. The van der Waals surface area contributed by atoms with Gasteiger partial charge in [0.05, 0.1) is 11.3 Å². The summed E-state index contributed by atoms with van der Waals surface area (Å²) in [6, 6.07) is 17.3. The topological polar surface area (TPSA) is 51.1 Å². The summed E-state index contributed by atoms with van der Waals surface area (Å²) in [5.41, 5.74) is 2.83. The van der Waals surface area contributed by atoms with Crippen LogP contribution in [-0.4, -0.2) is 16.2 Å². The number of para-hydroxylation sites is 2. The standard InChI is InChI=1S/C21H22N2O2S/c1-3-15-9-5-7-11-17(15)22-20(24)14-26-19-13-21(25)23(4-2)18-12-8-6-10-16(18)19/h5-13H,3-4,14H2,1-2H3,(H,22,24). The largest absolute Gasteiger partial charge is 0.325 e.